The van der Waals surface area contributed by atoms with Crippen LogP contribution in [-0.4, -0.2) is 39.6 Å². The Morgan fingerprint density at radius 1 is 1.04 bits per heavy atom. The number of ketones is 1. The second-order valence-electron chi connectivity index (χ2n) is 5.56. The van der Waals surface area contributed by atoms with Crippen molar-refractivity contribution in [2.45, 2.75) is 13.0 Å². The van der Waals surface area contributed by atoms with Crippen molar-refractivity contribution in [1.29, 1.82) is 0 Å². The fraction of sp³-hybridized carbons (Fsp3) is 0.222. The molecule has 1 atom stereocenters. The quantitative estimate of drug-likeness (QED) is 0.588. The van der Waals surface area contributed by atoms with Crippen LogP contribution in [-0.2, 0) is 14.8 Å². The van der Waals surface area contributed by atoms with Gasteiger partial charge in [0.15, 0.2) is 6.10 Å². The number of anilines is 1. The molecule has 0 saturated carbocycles. The highest BCUT2D eigenvalue weighted by atomic mass is 32.2. The number of nitrogens with one attached hydrogen (secondary N) is 1. The zero-order chi connectivity index (χ0) is 19.3. The van der Waals surface area contributed by atoms with Crippen molar-refractivity contribution in [3.8, 4) is 5.75 Å². The van der Waals surface area contributed by atoms with Gasteiger partial charge in [0.2, 0.25) is 15.8 Å². The first-order chi connectivity index (χ1) is 12.2. The molecule has 0 aromatic heterocycles. The average molecular weight is 377 g/mol. The molecule has 0 amide bonds. The maximum absolute atomic E-state index is 12.4. The normalized spacial score (nSPS) is 12.1. The lowest BCUT2D eigenvalue weighted by molar-refractivity contribution is 0.0320. The number of carbonyl (C=O) groups excluding carboxylic acids is 2. The summed E-state index contributed by atoms with van der Waals surface area (Å²) in [4.78, 5) is 24.8. The molecule has 0 unspecified atom stereocenters. The van der Waals surface area contributed by atoms with Crippen LogP contribution in [0.15, 0.2) is 48.5 Å². The highest BCUT2D eigenvalue weighted by Crippen LogP contribution is 2.19. The van der Waals surface area contributed by atoms with Gasteiger partial charge in [-0.25, -0.2) is 13.2 Å². The molecule has 0 aliphatic heterocycles. The van der Waals surface area contributed by atoms with E-state index >= 15 is 0 Å². The number of benzene rings is 2. The SMILES string of the molecule is COc1ccc(C(=O)[C@@H](C)OC(=O)c2ccccc2NS(C)(=O)=O)cc1. The summed E-state index contributed by atoms with van der Waals surface area (Å²) in [6.07, 6.45) is -0.0625. The first-order valence-corrected chi connectivity index (χ1v) is 9.56. The lowest BCUT2D eigenvalue weighted by Crippen LogP contribution is -2.25. The third-order valence-electron chi connectivity index (χ3n) is 3.47. The van der Waals surface area contributed by atoms with Crippen LogP contribution in [0.1, 0.15) is 27.6 Å². The van der Waals surface area contributed by atoms with Gasteiger partial charge in [-0.1, -0.05) is 12.1 Å². The molecule has 1 N–H and O–H groups in total. The Balaban J connectivity index is 2.15. The highest BCUT2D eigenvalue weighted by molar-refractivity contribution is 7.92. The summed E-state index contributed by atoms with van der Waals surface area (Å²) < 4.78 is 35.3. The van der Waals surface area contributed by atoms with E-state index < -0.39 is 22.1 Å². The van der Waals surface area contributed by atoms with Gasteiger partial charge in [0.1, 0.15) is 5.75 Å². The van der Waals surface area contributed by atoms with E-state index in [9.17, 15) is 18.0 Å². The number of methoxy groups -OCH3 is 1. The smallest absolute Gasteiger partial charge is 0.340 e. The van der Waals surface area contributed by atoms with E-state index in [4.69, 9.17) is 9.47 Å². The maximum atomic E-state index is 12.4. The van der Waals surface area contributed by atoms with Crippen molar-refractivity contribution in [3.63, 3.8) is 0 Å². The zero-order valence-electron chi connectivity index (χ0n) is 14.6. The minimum Gasteiger partial charge on any atom is -0.497 e. The third kappa shape index (κ3) is 5.06. The molecule has 0 aliphatic rings. The molecular formula is C18H19NO6S. The van der Waals surface area contributed by atoms with Crippen molar-refractivity contribution in [1.82, 2.24) is 0 Å². The van der Waals surface area contributed by atoms with Gasteiger partial charge in [-0.15, -0.1) is 0 Å². The molecule has 8 heteroatoms. The number of hydrogen-bond acceptors (Lipinski definition) is 6. The van der Waals surface area contributed by atoms with E-state index in [1.807, 2.05) is 0 Å². The molecule has 2 aromatic carbocycles. The van der Waals surface area contributed by atoms with E-state index in [0.29, 0.717) is 11.3 Å². The molecule has 2 aromatic rings. The van der Waals surface area contributed by atoms with Gasteiger partial charge < -0.3 is 9.47 Å². The Labute approximate surface area is 152 Å². The number of Topliss-reactive ketones (excluding diaryl/α,β-unsaturated/α-hetero) is 1. The molecule has 138 valence electrons. The standard InChI is InChI=1S/C18H19NO6S/c1-12(17(20)13-8-10-14(24-2)11-9-13)25-18(21)15-6-4-5-7-16(15)19-26(3,22)23/h4-12,19H,1-3H3/t12-/m1/s1. The van der Waals surface area contributed by atoms with Crippen molar-refractivity contribution in [2.24, 2.45) is 0 Å². The number of rotatable bonds is 7. The molecule has 7 nitrogen and oxygen atoms in total. The molecule has 0 aliphatic carbocycles. The number of esters is 1. The fourth-order valence-corrected chi connectivity index (χ4v) is 2.79. The van der Waals surface area contributed by atoms with Crippen molar-refractivity contribution in [3.05, 3.63) is 59.7 Å². The Morgan fingerprint density at radius 2 is 1.65 bits per heavy atom. The van der Waals surface area contributed by atoms with Crippen LogP contribution in [0, 0.1) is 0 Å². The van der Waals surface area contributed by atoms with E-state index in [2.05, 4.69) is 4.72 Å². The lowest BCUT2D eigenvalue weighted by atomic mass is 10.1. The van der Waals surface area contributed by atoms with Gasteiger partial charge in [-0.3, -0.25) is 9.52 Å². The molecule has 26 heavy (non-hydrogen) atoms. The Kier molecular flexibility index (Phi) is 5.99. The van der Waals surface area contributed by atoms with Gasteiger partial charge in [-0.2, -0.15) is 0 Å². The van der Waals surface area contributed by atoms with Crippen molar-refractivity contribution < 1.29 is 27.5 Å². The number of hydrogen-bond donors (Lipinski definition) is 1. The summed E-state index contributed by atoms with van der Waals surface area (Å²) in [6.45, 7) is 1.46. The van der Waals surface area contributed by atoms with Crippen LogP contribution >= 0.6 is 0 Å². The number of carbonyl (C=O) groups is 2. The summed E-state index contributed by atoms with van der Waals surface area (Å²) in [5.41, 5.74) is 0.477. The molecule has 0 fully saturated rings. The van der Waals surface area contributed by atoms with Crippen molar-refractivity contribution >= 4 is 27.5 Å². The van der Waals surface area contributed by atoms with Crippen LogP contribution in [0.2, 0.25) is 0 Å². The molecular weight excluding hydrogens is 358 g/mol. The monoisotopic (exact) mass is 377 g/mol. The van der Waals surface area contributed by atoms with Crippen LogP contribution in [0.25, 0.3) is 0 Å². The van der Waals surface area contributed by atoms with Gasteiger partial charge in [0.25, 0.3) is 0 Å². The lowest BCUT2D eigenvalue weighted by Gasteiger charge is -2.15. The Morgan fingerprint density at radius 3 is 2.23 bits per heavy atom. The minimum atomic E-state index is -3.56. The van der Waals surface area contributed by atoms with Crippen LogP contribution in [0.4, 0.5) is 5.69 Å². The summed E-state index contributed by atoms with van der Waals surface area (Å²) in [7, 11) is -2.05. The molecule has 0 radical (unpaired) electrons. The van der Waals surface area contributed by atoms with Gasteiger partial charge >= 0.3 is 5.97 Å². The molecule has 0 heterocycles. The van der Waals surface area contributed by atoms with E-state index in [0.717, 1.165) is 6.26 Å². The first-order valence-electron chi connectivity index (χ1n) is 7.67. The summed E-state index contributed by atoms with van der Waals surface area (Å²) in [6, 6.07) is 12.4. The van der Waals surface area contributed by atoms with Crippen LogP contribution in [0.5, 0.6) is 5.75 Å². The van der Waals surface area contributed by atoms with Gasteiger partial charge in [-0.05, 0) is 43.3 Å². The first kappa shape index (κ1) is 19.5. The number of para-hydroxylation sites is 1. The second-order valence-corrected chi connectivity index (χ2v) is 7.31. The summed E-state index contributed by atoms with van der Waals surface area (Å²) in [5.74, 6) is -0.576. The van der Waals surface area contributed by atoms with E-state index in [1.165, 1.54) is 26.2 Å². The van der Waals surface area contributed by atoms with E-state index in [1.54, 1.807) is 36.4 Å². The minimum absolute atomic E-state index is 0.0207. The third-order valence-corrected chi connectivity index (χ3v) is 4.06. The molecule has 0 spiro atoms. The Bertz CT molecular complexity index is 906. The highest BCUT2D eigenvalue weighted by Gasteiger charge is 2.22. The molecule has 0 bridgehead atoms. The van der Waals surface area contributed by atoms with Gasteiger partial charge in [0, 0.05) is 5.56 Å². The second kappa shape index (κ2) is 8.01. The zero-order valence-corrected chi connectivity index (χ0v) is 15.4. The molecule has 0 saturated heterocycles. The predicted molar refractivity (Wildman–Crippen MR) is 97.1 cm³/mol. The van der Waals surface area contributed by atoms with Gasteiger partial charge in [0.05, 0.1) is 24.6 Å². The van der Waals surface area contributed by atoms with Crippen molar-refractivity contribution in [2.75, 3.05) is 18.1 Å². The average Bonchev–Trinajstić information content (AvgIpc) is 2.60. The van der Waals surface area contributed by atoms with E-state index in [-0.39, 0.29) is 17.0 Å². The van der Waals surface area contributed by atoms with Crippen LogP contribution < -0.4 is 9.46 Å². The summed E-state index contributed by atoms with van der Waals surface area (Å²) in [5, 5.41) is 0. The van der Waals surface area contributed by atoms with Crippen LogP contribution in [0.3, 0.4) is 0 Å². The molecule has 2 rings (SSSR count). The Hall–Kier alpha value is -2.87. The summed E-state index contributed by atoms with van der Waals surface area (Å²) >= 11 is 0. The maximum Gasteiger partial charge on any atom is 0.340 e. The number of ether oxygens (including phenoxy) is 2. The number of sulfonamides is 1. The topological polar surface area (TPSA) is 98.8 Å². The largest absolute Gasteiger partial charge is 0.497 e. The fourth-order valence-electron chi connectivity index (χ4n) is 2.22. The predicted octanol–water partition coefficient (Wildman–Crippen LogP) is 2.49.